The molecule has 0 spiro atoms. The van der Waals surface area contributed by atoms with E-state index in [1.165, 1.54) is 12.4 Å². The van der Waals surface area contributed by atoms with E-state index in [2.05, 4.69) is 15.3 Å². The van der Waals surface area contributed by atoms with Gasteiger partial charge < -0.3 is 11.1 Å². The maximum atomic E-state index is 10.9. The van der Waals surface area contributed by atoms with Gasteiger partial charge in [-0.3, -0.25) is 10.1 Å². The van der Waals surface area contributed by atoms with Gasteiger partial charge in [-0.05, 0) is 12.5 Å². The molecular formula is C12H12ClN5O2. The number of benzene rings is 1. The highest BCUT2D eigenvalue weighted by molar-refractivity contribution is 6.32. The van der Waals surface area contributed by atoms with Gasteiger partial charge in [-0.2, -0.15) is 0 Å². The number of nitro benzene ring substituents is 1. The van der Waals surface area contributed by atoms with E-state index < -0.39 is 4.92 Å². The molecule has 7 nitrogen and oxygen atoms in total. The molecule has 1 aromatic carbocycles. The standard InChI is InChI=1S/C12H12ClN5O2/c1-7-8(3-2-4-9(7)18(19)20)5-15-12-10(14)11(13)16-6-17-12/h2-4,6H,5,14H2,1H3,(H,15,16,17). The Kier molecular flexibility index (Phi) is 3.99. The highest BCUT2D eigenvalue weighted by Crippen LogP contribution is 2.25. The number of halogens is 1. The number of nitro groups is 1. The SMILES string of the molecule is Cc1c(CNc2ncnc(Cl)c2N)cccc1[N+](=O)[O-]. The van der Waals surface area contributed by atoms with Crippen LogP contribution in [0.25, 0.3) is 0 Å². The second-order valence-corrected chi connectivity index (χ2v) is 4.46. The van der Waals surface area contributed by atoms with E-state index >= 15 is 0 Å². The molecular weight excluding hydrogens is 282 g/mol. The molecule has 104 valence electrons. The van der Waals surface area contributed by atoms with Gasteiger partial charge in [0.15, 0.2) is 11.0 Å². The summed E-state index contributed by atoms with van der Waals surface area (Å²) in [6.45, 7) is 2.05. The van der Waals surface area contributed by atoms with E-state index in [1.54, 1.807) is 19.1 Å². The van der Waals surface area contributed by atoms with Crippen LogP contribution >= 0.6 is 11.6 Å². The van der Waals surface area contributed by atoms with Crippen molar-refractivity contribution in [2.45, 2.75) is 13.5 Å². The first kappa shape index (κ1) is 14.0. The summed E-state index contributed by atoms with van der Waals surface area (Å²) in [5.41, 5.74) is 7.45. The molecule has 2 aromatic rings. The van der Waals surface area contributed by atoms with Crippen molar-refractivity contribution < 1.29 is 4.92 Å². The first-order valence-electron chi connectivity index (χ1n) is 5.73. The number of anilines is 2. The fourth-order valence-electron chi connectivity index (χ4n) is 1.75. The molecule has 0 bridgehead atoms. The highest BCUT2D eigenvalue weighted by Gasteiger charge is 2.13. The molecule has 0 amide bonds. The predicted octanol–water partition coefficient (Wildman–Crippen LogP) is 2.54. The lowest BCUT2D eigenvalue weighted by Gasteiger charge is -2.10. The monoisotopic (exact) mass is 293 g/mol. The Morgan fingerprint density at radius 3 is 2.90 bits per heavy atom. The normalized spacial score (nSPS) is 10.3. The Hall–Kier alpha value is -2.41. The Morgan fingerprint density at radius 2 is 2.20 bits per heavy atom. The minimum Gasteiger partial charge on any atom is -0.393 e. The second-order valence-electron chi connectivity index (χ2n) is 4.10. The zero-order chi connectivity index (χ0) is 14.7. The van der Waals surface area contributed by atoms with E-state index in [-0.39, 0.29) is 16.5 Å². The third kappa shape index (κ3) is 2.77. The summed E-state index contributed by atoms with van der Waals surface area (Å²) < 4.78 is 0. The zero-order valence-electron chi connectivity index (χ0n) is 10.6. The number of rotatable bonds is 4. The average molecular weight is 294 g/mol. The Balaban J connectivity index is 2.21. The topological polar surface area (TPSA) is 107 Å². The molecule has 0 atom stereocenters. The lowest BCUT2D eigenvalue weighted by molar-refractivity contribution is -0.385. The van der Waals surface area contributed by atoms with Crippen LogP contribution in [-0.2, 0) is 6.54 Å². The zero-order valence-corrected chi connectivity index (χ0v) is 11.4. The van der Waals surface area contributed by atoms with E-state index in [0.29, 0.717) is 17.9 Å². The Morgan fingerprint density at radius 1 is 1.45 bits per heavy atom. The number of nitrogens with two attached hydrogens (primary N) is 1. The summed E-state index contributed by atoms with van der Waals surface area (Å²) in [6.07, 6.45) is 1.29. The van der Waals surface area contributed by atoms with Gasteiger partial charge in [-0.25, -0.2) is 9.97 Å². The van der Waals surface area contributed by atoms with Crippen LogP contribution in [-0.4, -0.2) is 14.9 Å². The molecule has 0 aliphatic carbocycles. The van der Waals surface area contributed by atoms with Crippen LogP contribution in [0.2, 0.25) is 5.15 Å². The molecule has 20 heavy (non-hydrogen) atoms. The quantitative estimate of drug-likeness (QED) is 0.509. The minimum atomic E-state index is -0.408. The van der Waals surface area contributed by atoms with Gasteiger partial charge in [0.1, 0.15) is 12.0 Å². The molecule has 0 radical (unpaired) electrons. The van der Waals surface area contributed by atoms with Gasteiger partial charge in [-0.1, -0.05) is 23.7 Å². The van der Waals surface area contributed by atoms with Crippen molar-refractivity contribution in [3.05, 3.63) is 50.9 Å². The summed E-state index contributed by atoms with van der Waals surface area (Å²) >= 11 is 5.79. The Bertz CT molecular complexity index is 662. The number of aromatic nitrogens is 2. The van der Waals surface area contributed by atoms with Gasteiger partial charge in [0.25, 0.3) is 5.69 Å². The van der Waals surface area contributed by atoms with Crippen LogP contribution < -0.4 is 11.1 Å². The number of nitrogen functional groups attached to an aromatic ring is 1. The van der Waals surface area contributed by atoms with Crippen LogP contribution in [0.4, 0.5) is 17.2 Å². The maximum absolute atomic E-state index is 10.9. The lowest BCUT2D eigenvalue weighted by atomic mass is 10.1. The molecule has 1 heterocycles. The van der Waals surface area contributed by atoms with E-state index in [0.717, 1.165) is 5.56 Å². The molecule has 1 aromatic heterocycles. The molecule has 0 saturated carbocycles. The van der Waals surface area contributed by atoms with Crippen molar-refractivity contribution in [1.82, 2.24) is 9.97 Å². The smallest absolute Gasteiger partial charge is 0.272 e. The molecule has 0 saturated heterocycles. The fraction of sp³-hybridized carbons (Fsp3) is 0.167. The largest absolute Gasteiger partial charge is 0.393 e. The number of nitrogens with one attached hydrogen (secondary N) is 1. The first-order valence-corrected chi connectivity index (χ1v) is 6.11. The van der Waals surface area contributed by atoms with E-state index in [4.69, 9.17) is 17.3 Å². The highest BCUT2D eigenvalue weighted by atomic mass is 35.5. The molecule has 0 fully saturated rings. The van der Waals surface area contributed by atoms with Crippen molar-refractivity contribution in [2.24, 2.45) is 0 Å². The van der Waals surface area contributed by atoms with Crippen molar-refractivity contribution in [1.29, 1.82) is 0 Å². The van der Waals surface area contributed by atoms with Crippen LogP contribution in [0.15, 0.2) is 24.5 Å². The van der Waals surface area contributed by atoms with Crippen molar-refractivity contribution >= 4 is 28.8 Å². The predicted molar refractivity (Wildman–Crippen MR) is 76.6 cm³/mol. The van der Waals surface area contributed by atoms with Gasteiger partial charge in [-0.15, -0.1) is 0 Å². The summed E-state index contributed by atoms with van der Waals surface area (Å²) in [5.74, 6) is 0.399. The van der Waals surface area contributed by atoms with E-state index in [1.807, 2.05) is 0 Å². The average Bonchev–Trinajstić information content (AvgIpc) is 2.41. The van der Waals surface area contributed by atoms with E-state index in [9.17, 15) is 10.1 Å². The summed E-state index contributed by atoms with van der Waals surface area (Å²) in [4.78, 5) is 18.2. The maximum Gasteiger partial charge on any atom is 0.272 e. The minimum absolute atomic E-state index is 0.0815. The third-order valence-corrected chi connectivity index (χ3v) is 3.20. The number of nitrogens with zero attached hydrogens (tertiary/aromatic N) is 3. The van der Waals surface area contributed by atoms with Crippen molar-refractivity contribution in [2.75, 3.05) is 11.1 Å². The van der Waals surface area contributed by atoms with Gasteiger partial charge in [0, 0.05) is 18.2 Å². The summed E-state index contributed by atoms with van der Waals surface area (Å²) in [6, 6.07) is 4.90. The molecule has 0 aliphatic heterocycles. The summed E-state index contributed by atoms with van der Waals surface area (Å²) in [7, 11) is 0. The molecule has 2 rings (SSSR count). The van der Waals surface area contributed by atoms with Crippen LogP contribution in [0.1, 0.15) is 11.1 Å². The molecule has 0 aliphatic rings. The lowest BCUT2D eigenvalue weighted by Crippen LogP contribution is -2.07. The van der Waals surface area contributed by atoms with Crippen LogP contribution in [0.3, 0.4) is 0 Å². The van der Waals surface area contributed by atoms with Gasteiger partial charge >= 0.3 is 0 Å². The van der Waals surface area contributed by atoms with Crippen molar-refractivity contribution in [3.8, 4) is 0 Å². The number of hydrogen-bond donors (Lipinski definition) is 2. The second kappa shape index (κ2) is 5.70. The third-order valence-electron chi connectivity index (χ3n) is 2.90. The number of hydrogen-bond acceptors (Lipinski definition) is 6. The molecule has 8 heteroatoms. The van der Waals surface area contributed by atoms with Gasteiger partial charge in [0.2, 0.25) is 0 Å². The Labute approximate surface area is 120 Å². The fourth-order valence-corrected chi connectivity index (χ4v) is 1.89. The van der Waals surface area contributed by atoms with Gasteiger partial charge in [0.05, 0.1) is 4.92 Å². The van der Waals surface area contributed by atoms with Crippen molar-refractivity contribution in [3.63, 3.8) is 0 Å². The first-order chi connectivity index (χ1) is 9.50. The van der Waals surface area contributed by atoms with Crippen LogP contribution in [0.5, 0.6) is 0 Å². The summed E-state index contributed by atoms with van der Waals surface area (Å²) in [5, 5.41) is 14.0. The molecule has 3 N–H and O–H groups in total. The van der Waals surface area contributed by atoms with Crippen LogP contribution in [0, 0.1) is 17.0 Å². The molecule has 0 unspecified atom stereocenters.